The Morgan fingerprint density at radius 2 is 1.57 bits per heavy atom. The van der Waals surface area contributed by atoms with E-state index >= 15 is 0 Å². The number of hydrogen-bond donors (Lipinski definition) is 2. The Hall–Kier alpha value is -0.410. The molecule has 0 spiro atoms. The van der Waals surface area contributed by atoms with Gasteiger partial charge in [-0.25, -0.2) is 0 Å². The van der Waals surface area contributed by atoms with Crippen LogP contribution in [0.3, 0.4) is 0 Å². The van der Waals surface area contributed by atoms with Crippen molar-refractivity contribution in [3.8, 4) is 0 Å². The molecule has 0 bridgehead atoms. The highest BCUT2D eigenvalue weighted by molar-refractivity contribution is 5.85. The average Bonchev–Trinajstić information content (AvgIpc) is 2.00. The van der Waals surface area contributed by atoms with Crippen LogP contribution in [0.5, 0.6) is 0 Å². The van der Waals surface area contributed by atoms with Gasteiger partial charge in [0.25, 0.3) is 0 Å². The van der Waals surface area contributed by atoms with Crippen LogP contribution in [0.25, 0.3) is 0 Å². The van der Waals surface area contributed by atoms with Gasteiger partial charge in [-0.05, 0) is 25.7 Å². The van der Waals surface area contributed by atoms with Gasteiger partial charge in [-0.3, -0.25) is 4.79 Å². The van der Waals surface area contributed by atoms with E-state index in [9.17, 15) is 4.79 Å². The molecule has 84 valence electrons. The molecule has 0 aliphatic carbocycles. The first-order valence-electron chi connectivity index (χ1n) is 5.39. The summed E-state index contributed by atoms with van der Waals surface area (Å²) >= 11 is 0. The standard InChI is InChI=1S/C11H24N2O/c1-7(2)11(14)10(13)6-8(3)5-9(4)12/h7-10H,5-6,12-13H2,1-4H3/t8?,9?,10-/m0/s1. The Labute approximate surface area is 87.2 Å². The predicted molar refractivity (Wildman–Crippen MR) is 59.9 cm³/mol. The topological polar surface area (TPSA) is 69.1 Å². The second-order valence-corrected chi connectivity index (χ2v) is 4.72. The van der Waals surface area contributed by atoms with E-state index in [0.717, 1.165) is 12.8 Å². The summed E-state index contributed by atoms with van der Waals surface area (Å²) in [5, 5.41) is 0. The molecule has 3 heteroatoms. The van der Waals surface area contributed by atoms with Crippen LogP contribution in [-0.2, 0) is 4.79 Å². The van der Waals surface area contributed by atoms with Crippen LogP contribution in [0.15, 0.2) is 0 Å². The third-order valence-corrected chi connectivity index (χ3v) is 2.36. The number of carbonyl (C=O) groups excluding carboxylic acids is 1. The fraction of sp³-hybridized carbons (Fsp3) is 0.909. The van der Waals surface area contributed by atoms with Crippen LogP contribution in [0.2, 0.25) is 0 Å². The first kappa shape index (κ1) is 13.6. The van der Waals surface area contributed by atoms with Gasteiger partial charge in [0.1, 0.15) is 0 Å². The van der Waals surface area contributed by atoms with E-state index in [4.69, 9.17) is 11.5 Å². The van der Waals surface area contributed by atoms with Gasteiger partial charge in [0.05, 0.1) is 6.04 Å². The second-order valence-electron chi connectivity index (χ2n) is 4.72. The lowest BCUT2D eigenvalue weighted by atomic mass is 9.91. The molecule has 14 heavy (non-hydrogen) atoms. The monoisotopic (exact) mass is 200 g/mol. The molecule has 3 nitrogen and oxygen atoms in total. The largest absolute Gasteiger partial charge is 0.328 e. The highest BCUT2D eigenvalue weighted by atomic mass is 16.1. The van der Waals surface area contributed by atoms with Gasteiger partial charge in [-0.15, -0.1) is 0 Å². The minimum atomic E-state index is -0.316. The molecule has 0 aromatic carbocycles. The molecule has 0 amide bonds. The van der Waals surface area contributed by atoms with Gasteiger partial charge in [0.2, 0.25) is 0 Å². The fourth-order valence-corrected chi connectivity index (χ4v) is 1.71. The van der Waals surface area contributed by atoms with Crippen molar-refractivity contribution in [3.05, 3.63) is 0 Å². The third kappa shape index (κ3) is 5.35. The van der Waals surface area contributed by atoms with Crippen LogP contribution in [0.1, 0.15) is 40.5 Å². The van der Waals surface area contributed by atoms with Gasteiger partial charge in [0, 0.05) is 12.0 Å². The first-order chi connectivity index (χ1) is 6.34. The Morgan fingerprint density at radius 3 is 1.93 bits per heavy atom. The molecular formula is C11H24N2O. The van der Waals surface area contributed by atoms with Crippen LogP contribution >= 0.6 is 0 Å². The zero-order valence-corrected chi connectivity index (χ0v) is 9.79. The minimum absolute atomic E-state index is 0.0347. The summed E-state index contributed by atoms with van der Waals surface area (Å²) in [7, 11) is 0. The average molecular weight is 200 g/mol. The first-order valence-corrected chi connectivity index (χ1v) is 5.39. The van der Waals surface area contributed by atoms with Crippen LogP contribution in [-0.4, -0.2) is 17.9 Å². The Bertz CT molecular complexity index is 178. The van der Waals surface area contributed by atoms with Crippen molar-refractivity contribution in [3.63, 3.8) is 0 Å². The molecule has 0 rings (SSSR count). The normalized spacial score (nSPS) is 17.9. The van der Waals surface area contributed by atoms with Crippen molar-refractivity contribution in [2.45, 2.75) is 52.6 Å². The van der Waals surface area contributed by atoms with E-state index in [1.807, 2.05) is 20.8 Å². The lowest BCUT2D eigenvalue weighted by Gasteiger charge is -2.19. The zero-order valence-electron chi connectivity index (χ0n) is 9.79. The van der Waals surface area contributed by atoms with E-state index in [1.165, 1.54) is 0 Å². The molecule has 4 N–H and O–H groups in total. The number of rotatable bonds is 6. The summed E-state index contributed by atoms with van der Waals surface area (Å²) in [5.74, 6) is 0.613. The quantitative estimate of drug-likeness (QED) is 0.679. The zero-order chi connectivity index (χ0) is 11.3. The molecule has 2 unspecified atom stereocenters. The number of carbonyl (C=O) groups is 1. The van der Waals surface area contributed by atoms with Crippen LogP contribution in [0.4, 0.5) is 0 Å². The lowest BCUT2D eigenvalue weighted by Crippen LogP contribution is -2.36. The number of nitrogens with two attached hydrogens (primary N) is 2. The van der Waals surface area contributed by atoms with E-state index in [1.54, 1.807) is 0 Å². The smallest absolute Gasteiger partial charge is 0.152 e. The van der Waals surface area contributed by atoms with Crippen molar-refractivity contribution >= 4 is 5.78 Å². The highest BCUT2D eigenvalue weighted by Gasteiger charge is 2.19. The highest BCUT2D eigenvalue weighted by Crippen LogP contribution is 2.13. The maximum atomic E-state index is 11.5. The summed E-state index contributed by atoms with van der Waals surface area (Å²) in [6, 6.07) is -0.130. The molecular weight excluding hydrogens is 176 g/mol. The van der Waals surface area contributed by atoms with Gasteiger partial charge in [-0.2, -0.15) is 0 Å². The SMILES string of the molecule is CC(N)CC(C)C[C@H](N)C(=O)C(C)C. The number of Topliss-reactive ketones (excluding diaryl/α,β-unsaturated/α-hetero) is 1. The predicted octanol–water partition coefficient (Wildman–Crippen LogP) is 1.30. The summed E-state index contributed by atoms with van der Waals surface area (Å²) < 4.78 is 0. The molecule has 0 saturated heterocycles. The van der Waals surface area contributed by atoms with Gasteiger partial charge >= 0.3 is 0 Å². The summed E-state index contributed by atoms with van der Waals surface area (Å²) in [6.07, 6.45) is 1.68. The minimum Gasteiger partial charge on any atom is -0.328 e. The fourth-order valence-electron chi connectivity index (χ4n) is 1.71. The van der Waals surface area contributed by atoms with Crippen molar-refractivity contribution in [1.82, 2.24) is 0 Å². The third-order valence-electron chi connectivity index (χ3n) is 2.36. The molecule has 0 aromatic rings. The molecule has 0 aliphatic rings. The molecule has 0 fully saturated rings. The molecule has 0 aromatic heterocycles. The van der Waals surface area contributed by atoms with Crippen molar-refractivity contribution in [1.29, 1.82) is 0 Å². The van der Waals surface area contributed by atoms with Crippen LogP contribution < -0.4 is 11.5 Å². The summed E-state index contributed by atoms with van der Waals surface area (Å²) in [4.78, 5) is 11.5. The van der Waals surface area contributed by atoms with E-state index < -0.39 is 0 Å². The van der Waals surface area contributed by atoms with Gasteiger partial charge in [0.15, 0.2) is 5.78 Å². The second kappa shape index (κ2) is 6.14. The van der Waals surface area contributed by atoms with Gasteiger partial charge < -0.3 is 11.5 Å². The van der Waals surface area contributed by atoms with Crippen molar-refractivity contribution < 1.29 is 4.79 Å². The molecule has 0 aliphatic heterocycles. The van der Waals surface area contributed by atoms with E-state index in [-0.39, 0.29) is 23.8 Å². The molecule has 0 radical (unpaired) electrons. The number of hydrogen-bond acceptors (Lipinski definition) is 3. The Morgan fingerprint density at radius 1 is 1.07 bits per heavy atom. The lowest BCUT2D eigenvalue weighted by molar-refractivity contribution is -0.123. The summed E-state index contributed by atoms with van der Waals surface area (Å²) in [5.41, 5.74) is 11.5. The molecule has 0 heterocycles. The molecule has 0 saturated carbocycles. The Kier molecular flexibility index (Phi) is 5.96. The van der Waals surface area contributed by atoms with Crippen molar-refractivity contribution in [2.75, 3.05) is 0 Å². The Balaban J connectivity index is 3.93. The maximum absolute atomic E-state index is 11.5. The molecule has 3 atom stereocenters. The number of ketones is 1. The van der Waals surface area contributed by atoms with Crippen molar-refractivity contribution in [2.24, 2.45) is 23.3 Å². The van der Waals surface area contributed by atoms with E-state index in [0.29, 0.717) is 5.92 Å². The van der Waals surface area contributed by atoms with E-state index in [2.05, 4.69) is 6.92 Å². The van der Waals surface area contributed by atoms with Gasteiger partial charge in [-0.1, -0.05) is 20.8 Å². The maximum Gasteiger partial charge on any atom is 0.152 e. The van der Waals surface area contributed by atoms with Crippen LogP contribution in [0, 0.1) is 11.8 Å². The summed E-state index contributed by atoms with van der Waals surface area (Å²) in [6.45, 7) is 7.85.